The Hall–Kier alpha value is -1.66. The molecule has 6 heteroatoms. The predicted molar refractivity (Wildman–Crippen MR) is 87.6 cm³/mol. The van der Waals surface area contributed by atoms with Gasteiger partial charge < -0.3 is 14.8 Å². The normalized spacial score (nSPS) is 19.3. The number of nitrogens with zero attached hydrogens (tertiary/aromatic N) is 2. The van der Waals surface area contributed by atoms with Crippen molar-refractivity contribution < 1.29 is 9.47 Å². The Kier molecular flexibility index (Phi) is 4.31. The summed E-state index contributed by atoms with van der Waals surface area (Å²) in [5.41, 5.74) is 0.978. The van der Waals surface area contributed by atoms with Crippen LogP contribution in [0.4, 0.5) is 5.13 Å². The zero-order valence-electron chi connectivity index (χ0n) is 13.1. The van der Waals surface area contributed by atoms with Gasteiger partial charge in [-0.05, 0) is 19.9 Å². The van der Waals surface area contributed by atoms with Crippen LogP contribution in [0.2, 0.25) is 0 Å². The topological polar surface area (TPSA) is 56.3 Å². The number of rotatable bonds is 5. The summed E-state index contributed by atoms with van der Waals surface area (Å²) in [6.45, 7) is 4.87. The molecule has 0 saturated carbocycles. The van der Waals surface area contributed by atoms with Gasteiger partial charge in [0.15, 0.2) is 0 Å². The van der Waals surface area contributed by atoms with Crippen LogP contribution in [0.15, 0.2) is 24.3 Å². The summed E-state index contributed by atoms with van der Waals surface area (Å²) in [5, 5.41) is 4.36. The van der Waals surface area contributed by atoms with Gasteiger partial charge in [-0.25, -0.2) is 4.98 Å². The first-order valence-electron chi connectivity index (χ1n) is 7.43. The molecule has 0 spiro atoms. The van der Waals surface area contributed by atoms with Gasteiger partial charge in [0, 0.05) is 37.0 Å². The zero-order chi connectivity index (χ0) is 15.6. The summed E-state index contributed by atoms with van der Waals surface area (Å²) in [7, 11) is 1.69. The summed E-state index contributed by atoms with van der Waals surface area (Å²) < 4.78 is 15.5. The maximum atomic E-state index is 6.06. The van der Waals surface area contributed by atoms with Gasteiger partial charge in [0.05, 0.1) is 12.6 Å². The Morgan fingerprint density at radius 1 is 1.41 bits per heavy atom. The van der Waals surface area contributed by atoms with Crippen LogP contribution in [0.5, 0.6) is 5.75 Å². The third kappa shape index (κ3) is 3.39. The third-order valence-electron chi connectivity index (χ3n) is 3.67. The van der Waals surface area contributed by atoms with Gasteiger partial charge >= 0.3 is 0 Å². The van der Waals surface area contributed by atoms with E-state index in [1.54, 1.807) is 7.11 Å². The minimum absolute atomic E-state index is 0.183. The Labute approximate surface area is 134 Å². The van der Waals surface area contributed by atoms with Gasteiger partial charge in [-0.15, -0.1) is 0 Å². The molecule has 2 aromatic rings. The van der Waals surface area contributed by atoms with E-state index in [4.69, 9.17) is 9.47 Å². The quantitative estimate of drug-likeness (QED) is 0.915. The minimum atomic E-state index is -0.199. The Morgan fingerprint density at radius 3 is 3.05 bits per heavy atom. The van der Waals surface area contributed by atoms with Crippen molar-refractivity contribution in [2.24, 2.45) is 0 Å². The van der Waals surface area contributed by atoms with Gasteiger partial charge in [0.1, 0.15) is 17.2 Å². The smallest absolute Gasteiger partial charge is 0.203 e. The number of hydrogen-bond donors (Lipinski definition) is 1. The van der Waals surface area contributed by atoms with E-state index in [9.17, 15) is 0 Å². The van der Waals surface area contributed by atoms with E-state index in [1.165, 1.54) is 17.1 Å². The number of hydrogen-bond acceptors (Lipinski definition) is 6. The number of para-hydroxylation sites is 1. The highest BCUT2D eigenvalue weighted by Gasteiger charge is 2.33. The van der Waals surface area contributed by atoms with Crippen LogP contribution in [0.25, 0.3) is 0 Å². The highest BCUT2D eigenvalue weighted by atomic mass is 32.1. The first-order valence-corrected chi connectivity index (χ1v) is 8.21. The summed E-state index contributed by atoms with van der Waals surface area (Å²) in [4.78, 5) is 4.54. The van der Waals surface area contributed by atoms with E-state index in [-0.39, 0.29) is 11.6 Å². The molecule has 1 unspecified atom stereocenters. The fourth-order valence-electron chi connectivity index (χ4n) is 2.69. The molecule has 0 aliphatic carbocycles. The van der Waals surface area contributed by atoms with E-state index in [1.807, 2.05) is 18.2 Å². The van der Waals surface area contributed by atoms with Crippen molar-refractivity contribution in [1.82, 2.24) is 9.36 Å². The van der Waals surface area contributed by atoms with Crippen LogP contribution in [-0.2, 0) is 11.2 Å². The van der Waals surface area contributed by atoms with Crippen LogP contribution >= 0.6 is 11.5 Å². The predicted octanol–water partition coefficient (Wildman–Crippen LogP) is 3.44. The van der Waals surface area contributed by atoms with Gasteiger partial charge in [-0.3, -0.25) is 0 Å². The molecule has 0 bridgehead atoms. The number of methoxy groups -OCH3 is 1. The van der Waals surface area contributed by atoms with Crippen molar-refractivity contribution in [3.8, 4) is 5.75 Å². The lowest BCUT2D eigenvalue weighted by atomic mass is 9.90. The lowest BCUT2D eigenvalue weighted by Gasteiger charge is -2.37. The van der Waals surface area contributed by atoms with Crippen molar-refractivity contribution in [2.75, 3.05) is 19.0 Å². The Morgan fingerprint density at radius 2 is 2.23 bits per heavy atom. The van der Waals surface area contributed by atoms with Gasteiger partial charge in [-0.1, -0.05) is 18.2 Å². The second-order valence-corrected chi connectivity index (χ2v) is 6.81. The lowest BCUT2D eigenvalue weighted by Crippen LogP contribution is -2.37. The molecule has 1 aromatic carbocycles. The van der Waals surface area contributed by atoms with Gasteiger partial charge in [-0.2, -0.15) is 4.37 Å². The molecule has 0 amide bonds. The zero-order valence-corrected chi connectivity index (χ0v) is 13.9. The molecule has 1 aliphatic rings. The summed E-state index contributed by atoms with van der Waals surface area (Å²) in [6.07, 6.45) is 1.63. The van der Waals surface area contributed by atoms with E-state index in [2.05, 4.69) is 34.6 Å². The van der Waals surface area contributed by atoms with E-state index >= 15 is 0 Å². The number of anilines is 1. The Bertz CT molecular complexity index is 642. The second kappa shape index (κ2) is 6.22. The molecule has 0 saturated heterocycles. The molecule has 0 fully saturated rings. The lowest BCUT2D eigenvalue weighted by molar-refractivity contribution is 0.0759. The van der Waals surface area contributed by atoms with Crippen molar-refractivity contribution >= 4 is 16.7 Å². The van der Waals surface area contributed by atoms with Gasteiger partial charge in [0.25, 0.3) is 0 Å². The first-order chi connectivity index (χ1) is 10.6. The number of fused-ring (bicyclic) bond motifs is 1. The molecule has 1 aromatic heterocycles. The molecule has 118 valence electrons. The molecule has 1 N–H and O–H groups in total. The van der Waals surface area contributed by atoms with E-state index in [0.717, 1.165) is 29.5 Å². The molecule has 1 atom stereocenters. The van der Waals surface area contributed by atoms with E-state index < -0.39 is 0 Å². The molecular formula is C16H21N3O2S. The highest BCUT2D eigenvalue weighted by Crippen LogP contribution is 2.40. The number of ether oxygens (including phenoxy) is 2. The van der Waals surface area contributed by atoms with Crippen LogP contribution in [0.1, 0.15) is 37.7 Å². The van der Waals surface area contributed by atoms with Crippen LogP contribution < -0.4 is 10.1 Å². The fraction of sp³-hybridized carbons (Fsp3) is 0.500. The van der Waals surface area contributed by atoms with Crippen LogP contribution in [0.3, 0.4) is 0 Å². The monoisotopic (exact) mass is 319 g/mol. The van der Waals surface area contributed by atoms with Crippen molar-refractivity contribution in [2.45, 2.75) is 38.3 Å². The second-order valence-electron chi connectivity index (χ2n) is 6.06. The van der Waals surface area contributed by atoms with Crippen molar-refractivity contribution in [3.63, 3.8) is 0 Å². The van der Waals surface area contributed by atoms with E-state index in [0.29, 0.717) is 6.61 Å². The van der Waals surface area contributed by atoms with Crippen molar-refractivity contribution in [3.05, 3.63) is 35.7 Å². The SMILES string of the molecule is COCCc1nsc(NC2CC(C)(C)Oc3ccccc32)n1. The summed E-state index contributed by atoms with van der Waals surface area (Å²) in [5.74, 6) is 1.77. The summed E-state index contributed by atoms with van der Waals surface area (Å²) in [6, 6.07) is 8.36. The molecule has 22 heavy (non-hydrogen) atoms. The average molecular weight is 319 g/mol. The Balaban J connectivity index is 1.78. The standard InChI is InChI=1S/C16H21N3O2S/c1-16(2)10-12(11-6-4-5-7-13(11)21-16)17-15-18-14(19-22-15)8-9-20-3/h4-7,12H,8-10H2,1-3H3,(H,17,18,19). The highest BCUT2D eigenvalue weighted by molar-refractivity contribution is 7.09. The third-order valence-corrected chi connectivity index (χ3v) is 4.36. The molecule has 5 nitrogen and oxygen atoms in total. The van der Waals surface area contributed by atoms with Gasteiger partial charge in [0.2, 0.25) is 5.13 Å². The molecular weight excluding hydrogens is 298 g/mol. The fourth-order valence-corrected chi connectivity index (χ4v) is 3.35. The molecule has 3 rings (SSSR count). The number of benzene rings is 1. The molecule has 2 heterocycles. The van der Waals surface area contributed by atoms with Crippen molar-refractivity contribution in [1.29, 1.82) is 0 Å². The average Bonchev–Trinajstić information content (AvgIpc) is 2.91. The first kappa shape index (κ1) is 15.2. The molecule has 0 radical (unpaired) electrons. The largest absolute Gasteiger partial charge is 0.487 e. The van der Waals surface area contributed by atoms with Crippen LogP contribution in [-0.4, -0.2) is 28.7 Å². The minimum Gasteiger partial charge on any atom is -0.487 e. The molecule has 1 aliphatic heterocycles. The number of nitrogens with one attached hydrogen (secondary N) is 1. The van der Waals surface area contributed by atoms with Crippen LogP contribution in [0, 0.1) is 0 Å². The number of aromatic nitrogens is 2. The maximum absolute atomic E-state index is 6.06. The summed E-state index contributed by atoms with van der Waals surface area (Å²) >= 11 is 1.40. The maximum Gasteiger partial charge on any atom is 0.203 e.